The molecular formula is C16H19ClN2O3. The van der Waals surface area contributed by atoms with E-state index in [2.05, 4.69) is 5.32 Å². The Morgan fingerprint density at radius 3 is 3.09 bits per heavy atom. The molecule has 0 radical (unpaired) electrons. The van der Waals surface area contributed by atoms with Crippen molar-refractivity contribution in [3.8, 4) is 6.07 Å². The van der Waals surface area contributed by atoms with Crippen LogP contribution in [0.25, 0.3) is 0 Å². The number of amides is 1. The molecule has 0 aliphatic carbocycles. The van der Waals surface area contributed by atoms with E-state index in [0.717, 1.165) is 25.9 Å². The number of hydrogen-bond acceptors (Lipinski definition) is 4. The predicted octanol–water partition coefficient (Wildman–Crippen LogP) is 3.12. The van der Waals surface area contributed by atoms with E-state index in [4.69, 9.17) is 26.3 Å². The zero-order chi connectivity index (χ0) is 15.9. The van der Waals surface area contributed by atoms with Gasteiger partial charge in [0.15, 0.2) is 0 Å². The van der Waals surface area contributed by atoms with Crippen molar-refractivity contribution >= 4 is 23.2 Å². The van der Waals surface area contributed by atoms with Crippen molar-refractivity contribution in [1.82, 2.24) is 0 Å². The van der Waals surface area contributed by atoms with Crippen molar-refractivity contribution in [3.63, 3.8) is 0 Å². The summed E-state index contributed by atoms with van der Waals surface area (Å²) in [5, 5.41) is 12.0. The Morgan fingerprint density at radius 2 is 2.41 bits per heavy atom. The first kappa shape index (κ1) is 16.8. The second-order valence-electron chi connectivity index (χ2n) is 5.26. The van der Waals surface area contributed by atoms with Gasteiger partial charge in [-0.1, -0.05) is 11.6 Å². The van der Waals surface area contributed by atoms with Gasteiger partial charge in [-0.3, -0.25) is 4.79 Å². The molecule has 22 heavy (non-hydrogen) atoms. The van der Waals surface area contributed by atoms with Crippen LogP contribution in [0.4, 0.5) is 5.69 Å². The summed E-state index contributed by atoms with van der Waals surface area (Å²) >= 11 is 5.86. The average Bonchev–Trinajstić information content (AvgIpc) is 2.55. The monoisotopic (exact) mass is 322 g/mol. The third-order valence-corrected chi connectivity index (χ3v) is 3.86. The summed E-state index contributed by atoms with van der Waals surface area (Å²) in [5.74, 6) is -0.262. The maximum atomic E-state index is 12.1. The van der Waals surface area contributed by atoms with Gasteiger partial charge in [0.2, 0.25) is 0 Å². The fraction of sp³-hybridized carbons (Fsp3) is 0.500. The smallest absolute Gasteiger partial charge is 0.253 e. The largest absolute Gasteiger partial charge is 0.376 e. The van der Waals surface area contributed by atoms with Crippen molar-refractivity contribution in [2.45, 2.75) is 38.4 Å². The molecule has 0 spiro atoms. The highest BCUT2D eigenvalue weighted by Gasteiger charge is 2.19. The molecular weight excluding hydrogens is 304 g/mol. The molecule has 1 aliphatic rings. The van der Waals surface area contributed by atoms with E-state index in [-0.39, 0.29) is 12.0 Å². The lowest BCUT2D eigenvalue weighted by molar-refractivity contribution is -0.130. The van der Waals surface area contributed by atoms with Crippen LogP contribution in [0.2, 0.25) is 5.02 Å². The summed E-state index contributed by atoms with van der Waals surface area (Å²) in [6.07, 6.45) is 2.68. The molecule has 0 aromatic heterocycles. The van der Waals surface area contributed by atoms with Gasteiger partial charge in [-0.2, -0.15) is 5.26 Å². The van der Waals surface area contributed by atoms with Gasteiger partial charge in [-0.05, 0) is 44.4 Å². The molecule has 1 fully saturated rings. The van der Waals surface area contributed by atoms with Gasteiger partial charge in [-0.15, -0.1) is 0 Å². The number of nitrogens with zero attached hydrogens (tertiary/aromatic N) is 1. The molecule has 0 bridgehead atoms. The molecule has 2 atom stereocenters. The van der Waals surface area contributed by atoms with Crippen molar-refractivity contribution in [1.29, 1.82) is 5.26 Å². The number of anilines is 1. The van der Waals surface area contributed by atoms with E-state index in [1.165, 1.54) is 6.07 Å². The summed E-state index contributed by atoms with van der Waals surface area (Å²) < 4.78 is 11.1. The van der Waals surface area contributed by atoms with Crippen LogP contribution in [-0.2, 0) is 14.3 Å². The fourth-order valence-corrected chi connectivity index (χ4v) is 2.36. The number of nitriles is 1. The maximum Gasteiger partial charge on any atom is 0.253 e. The highest BCUT2D eigenvalue weighted by atomic mass is 35.5. The summed E-state index contributed by atoms with van der Waals surface area (Å²) in [6.45, 7) is 2.87. The topological polar surface area (TPSA) is 71.3 Å². The SMILES string of the molecule is CC(OCC1CCCCO1)C(=O)Nc1ccc(Cl)c(C#N)c1. The molecule has 1 heterocycles. The zero-order valence-corrected chi connectivity index (χ0v) is 13.2. The van der Waals surface area contributed by atoms with Gasteiger partial charge in [0, 0.05) is 12.3 Å². The second-order valence-corrected chi connectivity index (χ2v) is 5.67. The standard InChI is InChI=1S/C16H19ClN2O3/c1-11(22-10-14-4-2-3-7-21-14)16(20)19-13-5-6-15(17)12(8-13)9-18/h5-6,8,11,14H,2-4,7,10H2,1H3,(H,19,20). The minimum atomic E-state index is -0.591. The molecule has 0 saturated carbocycles. The van der Waals surface area contributed by atoms with Gasteiger partial charge in [0.1, 0.15) is 12.2 Å². The first-order chi connectivity index (χ1) is 10.6. The van der Waals surface area contributed by atoms with Crippen LogP contribution < -0.4 is 5.32 Å². The third kappa shape index (κ3) is 4.70. The molecule has 1 saturated heterocycles. The van der Waals surface area contributed by atoms with Crippen molar-refractivity contribution in [2.75, 3.05) is 18.5 Å². The third-order valence-electron chi connectivity index (χ3n) is 3.53. The molecule has 1 aromatic carbocycles. The van der Waals surface area contributed by atoms with E-state index in [0.29, 0.717) is 22.9 Å². The quantitative estimate of drug-likeness (QED) is 0.904. The summed E-state index contributed by atoms with van der Waals surface area (Å²) in [5.41, 5.74) is 0.846. The zero-order valence-electron chi connectivity index (χ0n) is 12.5. The molecule has 118 valence electrons. The van der Waals surface area contributed by atoms with Gasteiger partial charge in [0.05, 0.1) is 23.3 Å². The Morgan fingerprint density at radius 1 is 1.59 bits per heavy atom. The lowest BCUT2D eigenvalue weighted by Crippen LogP contribution is -2.32. The number of benzene rings is 1. The Balaban J connectivity index is 1.84. The van der Waals surface area contributed by atoms with E-state index in [1.54, 1.807) is 19.1 Å². The normalized spacial score (nSPS) is 19.2. The second kappa shape index (κ2) is 8.14. The predicted molar refractivity (Wildman–Crippen MR) is 83.8 cm³/mol. The number of rotatable bonds is 5. The van der Waals surface area contributed by atoms with Crippen LogP contribution in [0.3, 0.4) is 0 Å². The minimum Gasteiger partial charge on any atom is -0.376 e. The van der Waals surface area contributed by atoms with Gasteiger partial charge >= 0.3 is 0 Å². The summed E-state index contributed by atoms with van der Waals surface area (Å²) in [6, 6.07) is 6.75. The van der Waals surface area contributed by atoms with E-state index in [9.17, 15) is 4.79 Å². The van der Waals surface area contributed by atoms with Crippen molar-refractivity contribution < 1.29 is 14.3 Å². The van der Waals surface area contributed by atoms with E-state index < -0.39 is 6.10 Å². The van der Waals surface area contributed by atoms with Gasteiger partial charge < -0.3 is 14.8 Å². The Labute approximate surface area is 135 Å². The Kier molecular flexibility index (Phi) is 6.20. The summed E-state index contributed by atoms with van der Waals surface area (Å²) in [7, 11) is 0. The van der Waals surface area contributed by atoms with Crippen LogP contribution in [0.15, 0.2) is 18.2 Å². The number of carbonyl (C=O) groups excluding carboxylic acids is 1. The molecule has 2 rings (SSSR count). The highest BCUT2D eigenvalue weighted by molar-refractivity contribution is 6.31. The van der Waals surface area contributed by atoms with E-state index >= 15 is 0 Å². The maximum absolute atomic E-state index is 12.1. The van der Waals surface area contributed by atoms with Crippen LogP contribution >= 0.6 is 11.6 Å². The van der Waals surface area contributed by atoms with Crippen LogP contribution in [0.1, 0.15) is 31.7 Å². The van der Waals surface area contributed by atoms with Gasteiger partial charge in [-0.25, -0.2) is 0 Å². The van der Waals surface area contributed by atoms with Crippen LogP contribution in [0, 0.1) is 11.3 Å². The number of ether oxygens (including phenoxy) is 2. The fourth-order valence-electron chi connectivity index (χ4n) is 2.20. The molecule has 2 unspecified atom stereocenters. The molecule has 1 aromatic rings. The Bertz CT molecular complexity index is 565. The number of halogens is 1. The Hall–Kier alpha value is -1.61. The molecule has 5 nitrogen and oxygen atoms in total. The molecule has 6 heteroatoms. The number of carbonyl (C=O) groups is 1. The van der Waals surface area contributed by atoms with Crippen molar-refractivity contribution in [2.24, 2.45) is 0 Å². The van der Waals surface area contributed by atoms with E-state index in [1.807, 2.05) is 6.07 Å². The number of nitrogens with one attached hydrogen (secondary N) is 1. The molecule has 1 aliphatic heterocycles. The average molecular weight is 323 g/mol. The van der Waals surface area contributed by atoms with Crippen LogP contribution in [0.5, 0.6) is 0 Å². The highest BCUT2D eigenvalue weighted by Crippen LogP contribution is 2.20. The first-order valence-corrected chi connectivity index (χ1v) is 7.71. The molecule has 1 amide bonds. The van der Waals surface area contributed by atoms with Gasteiger partial charge in [0.25, 0.3) is 5.91 Å². The lowest BCUT2D eigenvalue weighted by Gasteiger charge is -2.23. The summed E-state index contributed by atoms with van der Waals surface area (Å²) in [4.78, 5) is 12.1. The molecule has 1 N–H and O–H groups in total. The van der Waals surface area contributed by atoms with Crippen molar-refractivity contribution in [3.05, 3.63) is 28.8 Å². The minimum absolute atomic E-state index is 0.0738. The first-order valence-electron chi connectivity index (χ1n) is 7.34. The lowest BCUT2D eigenvalue weighted by atomic mass is 10.1. The number of hydrogen-bond donors (Lipinski definition) is 1. The van der Waals surface area contributed by atoms with Crippen LogP contribution in [-0.4, -0.2) is 31.3 Å².